The lowest BCUT2D eigenvalue weighted by atomic mass is 9.86. The molecule has 1 aromatic rings. The number of carbonyl (C=O) groups is 1. The number of piperidine rings is 1. The summed E-state index contributed by atoms with van der Waals surface area (Å²) < 4.78 is 25.9. The van der Waals surface area contributed by atoms with Crippen molar-refractivity contribution in [3.8, 4) is 0 Å². The number of amides is 1. The van der Waals surface area contributed by atoms with Gasteiger partial charge in [0.1, 0.15) is 5.37 Å². The summed E-state index contributed by atoms with van der Waals surface area (Å²) in [5, 5.41) is 5.96. The predicted octanol–water partition coefficient (Wildman–Crippen LogP) is 3.22. The Labute approximate surface area is 188 Å². The number of benzene rings is 1. The van der Waals surface area contributed by atoms with E-state index in [1.54, 1.807) is 0 Å². The van der Waals surface area contributed by atoms with Gasteiger partial charge in [-0.05, 0) is 87.3 Å². The fourth-order valence-electron chi connectivity index (χ4n) is 5.16. The molecule has 2 N–H and O–H groups in total. The van der Waals surface area contributed by atoms with Gasteiger partial charge in [0.2, 0.25) is 5.91 Å². The third kappa shape index (κ3) is 6.08. The number of rotatable bonds is 8. The molecular weight excluding hydrogens is 410 g/mol. The van der Waals surface area contributed by atoms with Gasteiger partial charge in [0, 0.05) is 23.9 Å². The maximum atomic E-state index is 13.0. The molecule has 0 bridgehead atoms. The van der Waals surface area contributed by atoms with Crippen LogP contribution in [0.3, 0.4) is 0 Å². The van der Waals surface area contributed by atoms with E-state index in [1.807, 2.05) is 19.9 Å². The summed E-state index contributed by atoms with van der Waals surface area (Å²) in [6.45, 7) is 8.49. The number of carbonyl (C=O) groups excluding carboxylic acids is 1. The second-order valence-corrected chi connectivity index (χ2v) is 11.7. The van der Waals surface area contributed by atoms with Crippen LogP contribution >= 0.6 is 0 Å². The first-order valence-electron chi connectivity index (χ1n) is 11.8. The van der Waals surface area contributed by atoms with Crippen LogP contribution in [-0.4, -0.2) is 56.5 Å². The molecule has 0 spiro atoms. The van der Waals surface area contributed by atoms with Gasteiger partial charge in [-0.2, -0.15) is 0 Å². The Balaban J connectivity index is 1.85. The van der Waals surface area contributed by atoms with Crippen molar-refractivity contribution in [2.75, 3.05) is 31.2 Å². The maximum Gasteiger partial charge on any atom is 0.226 e. The van der Waals surface area contributed by atoms with Gasteiger partial charge in [-0.15, -0.1) is 0 Å². The SMILES string of the molecule is CCCN(C1CCc2ccc(NC(=O)C(C)C)cc2C1)C(C1CCNCC1)S(C)(=O)=O. The van der Waals surface area contributed by atoms with Gasteiger partial charge in [0.15, 0.2) is 9.84 Å². The molecule has 2 aliphatic rings. The highest BCUT2D eigenvalue weighted by Gasteiger charge is 2.39. The van der Waals surface area contributed by atoms with Crippen LogP contribution in [0.5, 0.6) is 0 Å². The molecular formula is C24H39N3O3S. The Kier molecular flexibility index (Phi) is 8.16. The van der Waals surface area contributed by atoms with Crippen LogP contribution in [-0.2, 0) is 27.5 Å². The molecule has 6 nitrogen and oxygen atoms in total. The number of hydrogen-bond acceptors (Lipinski definition) is 5. The molecule has 1 aliphatic heterocycles. The molecule has 1 aromatic carbocycles. The molecule has 0 aromatic heterocycles. The molecule has 0 radical (unpaired) electrons. The van der Waals surface area contributed by atoms with Crippen LogP contribution in [0, 0.1) is 11.8 Å². The van der Waals surface area contributed by atoms with E-state index in [4.69, 9.17) is 0 Å². The van der Waals surface area contributed by atoms with Crippen molar-refractivity contribution in [3.63, 3.8) is 0 Å². The van der Waals surface area contributed by atoms with Gasteiger partial charge in [-0.3, -0.25) is 9.69 Å². The average Bonchev–Trinajstić information content (AvgIpc) is 2.72. The highest BCUT2D eigenvalue weighted by molar-refractivity contribution is 7.91. The van der Waals surface area contributed by atoms with E-state index < -0.39 is 15.2 Å². The highest BCUT2D eigenvalue weighted by Crippen LogP contribution is 2.33. The second-order valence-electron chi connectivity index (χ2n) is 9.57. The normalized spacial score (nSPS) is 21.2. The largest absolute Gasteiger partial charge is 0.326 e. The van der Waals surface area contributed by atoms with E-state index in [-0.39, 0.29) is 23.8 Å². The molecule has 1 heterocycles. The van der Waals surface area contributed by atoms with Crippen molar-refractivity contribution in [2.24, 2.45) is 11.8 Å². The van der Waals surface area contributed by atoms with Crippen LogP contribution in [0.15, 0.2) is 18.2 Å². The third-order valence-corrected chi connectivity index (χ3v) is 8.24. The fraction of sp³-hybridized carbons (Fsp3) is 0.708. The van der Waals surface area contributed by atoms with Crippen LogP contribution in [0.2, 0.25) is 0 Å². The maximum absolute atomic E-state index is 13.0. The standard InChI is InChI=1S/C24H39N3O3S/c1-5-14-27(24(31(4,29)30)19-10-12-25-13-11-19)22-9-7-18-6-8-21(15-20(18)16-22)26-23(28)17(2)3/h6,8,15,17,19,22,24-25H,5,7,9-14,16H2,1-4H3,(H,26,28). The molecule has 1 fully saturated rings. The quantitative estimate of drug-likeness (QED) is 0.637. The van der Waals surface area contributed by atoms with E-state index in [0.29, 0.717) is 0 Å². The van der Waals surface area contributed by atoms with Crippen molar-refractivity contribution < 1.29 is 13.2 Å². The lowest BCUT2D eigenvalue weighted by Crippen LogP contribution is -2.54. The molecule has 7 heteroatoms. The molecule has 174 valence electrons. The molecule has 2 atom stereocenters. The topological polar surface area (TPSA) is 78.5 Å². The molecule has 3 rings (SSSR count). The summed E-state index contributed by atoms with van der Waals surface area (Å²) in [6, 6.07) is 6.40. The van der Waals surface area contributed by atoms with Gasteiger partial charge in [0.05, 0.1) is 0 Å². The number of aryl methyl sites for hydroxylation is 1. The summed E-state index contributed by atoms with van der Waals surface area (Å²) >= 11 is 0. The zero-order valence-electron chi connectivity index (χ0n) is 19.5. The van der Waals surface area contributed by atoms with E-state index in [0.717, 1.165) is 63.8 Å². The van der Waals surface area contributed by atoms with E-state index in [9.17, 15) is 13.2 Å². The van der Waals surface area contributed by atoms with Crippen molar-refractivity contribution >= 4 is 21.4 Å². The van der Waals surface area contributed by atoms with Crippen LogP contribution in [0.1, 0.15) is 57.6 Å². The van der Waals surface area contributed by atoms with Gasteiger partial charge < -0.3 is 10.6 Å². The van der Waals surface area contributed by atoms with Gasteiger partial charge >= 0.3 is 0 Å². The molecule has 0 saturated carbocycles. The van der Waals surface area contributed by atoms with Crippen LogP contribution in [0.25, 0.3) is 0 Å². The molecule has 2 unspecified atom stereocenters. The Hall–Kier alpha value is -1.44. The molecule has 1 saturated heterocycles. The van der Waals surface area contributed by atoms with Crippen molar-refractivity contribution in [1.29, 1.82) is 0 Å². The zero-order valence-corrected chi connectivity index (χ0v) is 20.3. The number of fused-ring (bicyclic) bond motifs is 1. The fourth-order valence-corrected chi connectivity index (χ4v) is 6.90. The van der Waals surface area contributed by atoms with Crippen LogP contribution < -0.4 is 10.6 Å². The average molecular weight is 450 g/mol. The Morgan fingerprint density at radius 3 is 2.52 bits per heavy atom. The Morgan fingerprint density at radius 1 is 1.19 bits per heavy atom. The van der Waals surface area contributed by atoms with Crippen molar-refractivity contribution in [3.05, 3.63) is 29.3 Å². The minimum Gasteiger partial charge on any atom is -0.326 e. The number of nitrogens with one attached hydrogen (secondary N) is 2. The monoisotopic (exact) mass is 449 g/mol. The first-order chi connectivity index (χ1) is 14.7. The number of anilines is 1. The van der Waals surface area contributed by atoms with E-state index in [1.165, 1.54) is 17.4 Å². The highest BCUT2D eigenvalue weighted by atomic mass is 32.2. The van der Waals surface area contributed by atoms with Crippen molar-refractivity contribution in [1.82, 2.24) is 10.2 Å². The summed E-state index contributed by atoms with van der Waals surface area (Å²) in [6.07, 6.45) is 6.92. The lowest BCUT2D eigenvalue weighted by Gasteiger charge is -2.43. The summed E-state index contributed by atoms with van der Waals surface area (Å²) in [5.41, 5.74) is 3.38. The lowest BCUT2D eigenvalue weighted by molar-refractivity contribution is -0.118. The first-order valence-corrected chi connectivity index (χ1v) is 13.7. The molecule has 1 amide bonds. The zero-order chi connectivity index (χ0) is 22.6. The van der Waals surface area contributed by atoms with Gasteiger partial charge in [0.25, 0.3) is 0 Å². The third-order valence-electron chi connectivity index (χ3n) is 6.70. The summed E-state index contributed by atoms with van der Waals surface area (Å²) in [5.74, 6) is 0.133. The Morgan fingerprint density at radius 2 is 1.90 bits per heavy atom. The number of sulfone groups is 1. The molecule has 1 aliphatic carbocycles. The number of hydrogen-bond donors (Lipinski definition) is 2. The smallest absolute Gasteiger partial charge is 0.226 e. The predicted molar refractivity (Wildman–Crippen MR) is 127 cm³/mol. The minimum absolute atomic E-state index is 0.0166. The van der Waals surface area contributed by atoms with Crippen LogP contribution in [0.4, 0.5) is 5.69 Å². The minimum atomic E-state index is -3.21. The summed E-state index contributed by atoms with van der Waals surface area (Å²) in [4.78, 5) is 14.4. The van der Waals surface area contributed by atoms with E-state index in [2.05, 4.69) is 34.6 Å². The first kappa shape index (κ1) is 24.2. The van der Waals surface area contributed by atoms with Crippen molar-refractivity contribution in [2.45, 2.75) is 70.7 Å². The van der Waals surface area contributed by atoms with Gasteiger partial charge in [-0.25, -0.2) is 8.42 Å². The second kappa shape index (κ2) is 10.5. The van der Waals surface area contributed by atoms with Gasteiger partial charge in [-0.1, -0.05) is 26.8 Å². The Bertz CT molecular complexity index is 863. The number of nitrogens with zero attached hydrogens (tertiary/aromatic N) is 1. The van der Waals surface area contributed by atoms with E-state index >= 15 is 0 Å². The molecule has 31 heavy (non-hydrogen) atoms. The summed E-state index contributed by atoms with van der Waals surface area (Å²) in [7, 11) is -3.21.